The predicted molar refractivity (Wildman–Crippen MR) is 240 cm³/mol. The Labute approximate surface area is 331 Å². The average molecular weight is 721 g/mol. The van der Waals surface area contributed by atoms with Crippen LogP contribution in [0.4, 0.5) is 0 Å². The molecular formula is C56H48. The fourth-order valence-corrected chi connectivity index (χ4v) is 10.6. The molecule has 0 fully saturated rings. The average Bonchev–Trinajstić information content (AvgIpc) is 3.57. The highest BCUT2D eigenvalue weighted by Crippen LogP contribution is 2.53. The molecule has 8 aromatic rings. The molecule has 0 aliphatic heterocycles. The molecule has 0 radical (unpaired) electrons. The zero-order valence-electron chi connectivity index (χ0n) is 33.6. The van der Waals surface area contributed by atoms with Crippen LogP contribution in [0.25, 0.3) is 71.3 Å². The van der Waals surface area contributed by atoms with E-state index in [2.05, 4.69) is 194 Å². The number of allylic oxidation sites excluding steroid dienone is 4. The molecule has 0 spiro atoms. The second-order valence-corrected chi connectivity index (χ2v) is 19.0. The maximum absolute atomic E-state index is 2.52. The standard InChI is InChI=1S/C56H48/c1-54(2,3)43-28-40-17-15-38-26-42(27-39-16-18-41(29-43)53(40)52(38)39)34-12-10-11-33(25-34)35-19-23-46-47-24-21-37(32-51(47)56(6,7)50(46)30-35)36-20-22-45-44-13-8-9-14-48(44)55(4,5)49(45)31-36/h8-11,13-32,34H,12H2,1-7H3. The van der Waals surface area contributed by atoms with Crippen molar-refractivity contribution in [1.82, 2.24) is 0 Å². The Morgan fingerprint density at radius 1 is 0.482 bits per heavy atom. The molecule has 1 unspecified atom stereocenters. The van der Waals surface area contributed by atoms with Crippen molar-refractivity contribution in [2.24, 2.45) is 0 Å². The van der Waals surface area contributed by atoms with Crippen LogP contribution in [0, 0.1) is 0 Å². The summed E-state index contributed by atoms with van der Waals surface area (Å²) in [4.78, 5) is 0. The minimum absolute atomic E-state index is 0.0106. The first-order chi connectivity index (χ1) is 26.9. The lowest BCUT2D eigenvalue weighted by atomic mass is 9.79. The lowest BCUT2D eigenvalue weighted by molar-refractivity contribution is 0.591. The molecule has 0 saturated carbocycles. The molecule has 0 amide bonds. The third-order valence-corrected chi connectivity index (χ3v) is 13.8. The molecule has 1 atom stereocenters. The van der Waals surface area contributed by atoms with E-state index in [1.54, 1.807) is 0 Å². The molecule has 3 aliphatic rings. The van der Waals surface area contributed by atoms with Crippen LogP contribution in [0.5, 0.6) is 0 Å². The molecule has 0 heterocycles. The number of hydrogen-bond donors (Lipinski definition) is 0. The highest BCUT2D eigenvalue weighted by Gasteiger charge is 2.37. The van der Waals surface area contributed by atoms with Crippen LogP contribution in [0.1, 0.15) is 99.7 Å². The maximum atomic E-state index is 2.52. The Hall–Kier alpha value is -5.72. The molecular weight excluding hydrogens is 673 g/mol. The van der Waals surface area contributed by atoms with Gasteiger partial charge in [-0.25, -0.2) is 0 Å². The number of fused-ring (bicyclic) bond motifs is 6. The molecule has 272 valence electrons. The van der Waals surface area contributed by atoms with Crippen molar-refractivity contribution in [1.29, 1.82) is 0 Å². The topological polar surface area (TPSA) is 0 Å². The summed E-state index contributed by atoms with van der Waals surface area (Å²) in [5.74, 6) is 0.329. The van der Waals surface area contributed by atoms with Crippen LogP contribution < -0.4 is 0 Å². The van der Waals surface area contributed by atoms with Gasteiger partial charge in [0.15, 0.2) is 0 Å². The largest absolute Gasteiger partial charge is 0.0830 e. The van der Waals surface area contributed by atoms with E-state index in [9.17, 15) is 0 Å². The third-order valence-electron chi connectivity index (χ3n) is 13.8. The van der Waals surface area contributed by atoms with E-state index < -0.39 is 0 Å². The van der Waals surface area contributed by atoms with Crippen LogP contribution in [0.15, 0.2) is 146 Å². The highest BCUT2D eigenvalue weighted by molar-refractivity contribution is 6.23. The van der Waals surface area contributed by atoms with E-state index in [0.717, 1.165) is 6.42 Å². The van der Waals surface area contributed by atoms with Gasteiger partial charge < -0.3 is 0 Å². The summed E-state index contributed by atoms with van der Waals surface area (Å²) in [7, 11) is 0. The zero-order valence-corrected chi connectivity index (χ0v) is 33.6. The lowest BCUT2D eigenvalue weighted by Crippen LogP contribution is -2.15. The summed E-state index contributed by atoms with van der Waals surface area (Å²) in [6, 6.07) is 49.5. The number of rotatable bonds is 3. The molecule has 11 rings (SSSR count). The highest BCUT2D eigenvalue weighted by atomic mass is 14.4. The SMILES string of the molecule is CC(C)(C)c1cc2ccc3cc(C4C=C(c5ccc6c(c5)C(C)(C)c5cc(-c7ccc8c(c7)C(C)(C)c7ccccc7-8)ccc5-6)C=CC4)cc4ccc(c1)c2c34. The second kappa shape index (κ2) is 11.4. The number of benzene rings is 8. The van der Waals surface area contributed by atoms with E-state index in [-0.39, 0.29) is 16.2 Å². The van der Waals surface area contributed by atoms with Gasteiger partial charge in [0, 0.05) is 16.7 Å². The van der Waals surface area contributed by atoms with Crippen molar-refractivity contribution in [3.8, 4) is 33.4 Å². The van der Waals surface area contributed by atoms with Crippen LogP contribution in [0.2, 0.25) is 0 Å². The third kappa shape index (κ3) is 4.78. The Morgan fingerprint density at radius 3 is 1.50 bits per heavy atom. The Balaban J connectivity index is 0.925. The quantitative estimate of drug-likeness (QED) is 0.159. The van der Waals surface area contributed by atoms with Gasteiger partial charge in [0.1, 0.15) is 0 Å². The van der Waals surface area contributed by atoms with Gasteiger partial charge in [-0.05, 0) is 140 Å². The van der Waals surface area contributed by atoms with Gasteiger partial charge >= 0.3 is 0 Å². The first-order valence-corrected chi connectivity index (χ1v) is 20.5. The molecule has 0 bridgehead atoms. The summed E-state index contributed by atoms with van der Waals surface area (Å²) in [6.07, 6.45) is 8.26. The van der Waals surface area contributed by atoms with Gasteiger partial charge in [0.25, 0.3) is 0 Å². The molecule has 8 aromatic carbocycles. The van der Waals surface area contributed by atoms with Crippen LogP contribution in [-0.4, -0.2) is 0 Å². The molecule has 0 heteroatoms. The van der Waals surface area contributed by atoms with Crippen molar-refractivity contribution < 1.29 is 0 Å². The summed E-state index contributed by atoms with van der Waals surface area (Å²) < 4.78 is 0. The van der Waals surface area contributed by atoms with Crippen molar-refractivity contribution in [3.63, 3.8) is 0 Å². The monoisotopic (exact) mass is 720 g/mol. The van der Waals surface area contributed by atoms with Gasteiger partial charge in [0.05, 0.1) is 0 Å². The second-order valence-electron chi connectivity index (χ2n) is 19.0. The van der Waals surface area contributed by atoms with Gasteiger partial charge in [-0.15, -0.1) is 0 Å². The van der Waals surface area contributed by atoms with Gasteiger partial charge in [-0.3, -0.25) is 0 Å². The Morgan fingerprint density at radius 2 is 0.946 bits per heavy atom. The fraction of sp³-hybridized carbons (Fsp3) is 0.214. The smallest absolute Gasteiger partial charge is 0.0159 e. The normalized spacial score (nSPS) is 17.6. The summed E-state index contributed by atoms with van der Waals surface area (Å²) in [6.45, 7) is 16.5. The van der Waals surface area contributed by atoms with E-state index >= 15 is 0 Å². The van der Waals surface area contributed by atoms with Crippen molar-refractivity contribution in [3.05, 3.63) is 185 Å². The molecule has 0 N–H and O–H groups in total. The van der Waals surface area contributed by atoms with Crippen LogP contribution in [0.3, 0.4) is 0 Å². The first-order valence-electron chi connectivity index (χ1n) is 20.5. The summed E-state index contributed by atoms with van der Waals surface area (Å²) in [5, 5.41) is 8.17. The Bertz CT molecular complexity index is 2960. The fourth-order valence-electron chi connectivity index (χ4n) is 10.6. The van der Waals surface area contributed by atoms with E-state index in [1.807, 2.05) is 0 Å². The van der Waals surface area contributed by atoms with E-state index in [0.29, 0.717) is 5.92 Å². The first kappa shape index (κ1) is 33.6. The molecule has 0 aromatic heterocycles. The van der Waals surface area contributed by atoms with Gasteiger partial charge in [0.2, 0.25) is 0 Å². The summed E-state index contributed by atoms with van der Waals surface area (Å²) >= 11 is 0. The molecule has 0 nitrogen and oxygen atoms in total. The molecule has 56 heavy (non-hydrogen) atoms. The Kier molecular flexibility index (Phi) is 6.85. The molecule has 3 aliphatic carbocycles. The summed E-state index contributed by atoms with van der Waals surface area (Å²) in [5.41, 5.74) is 19.2. The van der Waals surface area contributed by atoms with Gasteiger partial charge in [-0.1, -0.05) is 176 Å². The molecule has 0 saturated heterocycles. The van der Waals surface area contributed by atoms with Crippen molar-refractivity contribution >= 4 is 37.9 Å². The van der Waals surface area contributed by atoms with Crippen molar-refractivity contribution in [2.45, 2.75) is 77.0 Å². The van der Waals surface area contributed by atoms with E-state index in [1.165, 1.54) is 110 Å². The van der Waals surface area contributed by atoms with E-state index in [4.69, 9.17) is 0 Å². The zero-order chi connectivity index (χ0) is 38.3. The minimum Gasteiger partial charge on any atom is -0.0830 e. The van der Waals surface area contributed by atoms with Crippen LogP contribution in [-0.2, 0) is 16.2 Å². The van der Waals surface area contributed by atoms with Crippen LogP contribution >= 0.6 is 0 Å². The predicted octanol–water partition coefficient (Wildman–Crippen LogP) is 15.3. The minimum atomic E-state index is -0.107. The lowest BCUT2D eigenvalue weighted by Gasteiger charge is -2.24. The maximum Gasteiger partial charge on any atom is 0.0159 e. The number of hydrogen-bond acceptors (Lipinski definition) is 0. The van der Waals surface area contributed by atoms with Crippen molar-refractivity contribution in [2.75, 3.05) is 0 Å². The van der Waals surface area contributed by atoms with Gasteiger partial charge in [-0.2, -0.15) is 0 Å².